The number of aromatic amines is 1. The minimum absolute atomic E-state index is 0.0925. The van der Waals surface area contributed by atoms with Gasteiger partial charge in [0.2, 0.25) is 0 Å². The Hall–Kier alpha value is -0.810. The molecule has 0 bridgehead atoms. The lowest BCUT2D eigenvalue weighted by Gasteiger charge is -2.24. The lowest BCUT2D eigenvalue weighted by Crippen LogP contribution is -2.41. The van der Waals surface area contributed by atoms with E-state index in [0.717, 1.165) is 6.20 Å². The van der Waals surface area contributed by atoms with Gasteiger partial charge in [-0.2, -0.15) is 0 Å². The number of halogens is 3. The Morgan fingerprint density at radius 2 is 2.16 bits per heavy atom. The van der Waals surface area contributed by atoms with Crippen molar-refractivity contribution >= 4 is 22.6 Å². The number of hydrogen-bond acceptors (Lipinski definition) is 4. The summed E-state index contributed by atoms with van der Waals surface area (Å²) in [4.78, 5) is 24.7. The van der Waals surface area contributed by atoms with Gasteiger partial charge in [0, 0.05) is 12.6 Å². The van der Waals surface area contributed by atoms with Crippen molar-refractivity contribution in [3.05, 3.63) is 30.6 Å². The predicted octanol–water partition coefficient (Wildman–Crippen LogP) is -0.309. The summed E-state index contributed by atoms with van der Waals surface area (Å²) in [5, 5.41) is 18.5. The molecule has 1 saturated carbocycles. The number of H-pyrrole nitrogens is 1. The van der Waals surface area contributed by atoms with E-state index >= 15 is 0 Å². The van der Waals surface area contributed by atoms with Crippen LogP contribution in [0.5, 0.6) is 0 Å². The van der Waals surface area contributed by atoms with Crippen LogP contribution in [-0.2, 0) is 0 Å². The SMILES string of the molecule is O=c1[nH]c(=O)n([C@H]2C[C@H](O)[C@@H](CO)C2(F)F)cc1I. The van der Waals surface area contributed by atoms with Gasteiger partial charge in [-0.05, 0) is 22.6 Å². The number of aromatic nitrogens is 2. The lowest BCUT2D eigenvalue weighted by atomic mass is 10.0. The van der Waals surface area contributed by atoms with Gasteiger partial charge >= 0.3 is 5.69 Å². The molecule has 0 unspecified atom stereocenters. The highest BCUT2D eigenvalue weighted by Gasteiger charge is 2.57. The molecule has 0 amide bonds. The number of aliphatic hydroxyl groups excluding tert-OH is 2. The average molecular weight is 388 g/mol. The summed E-state index contributed by atoms with van der Waals surface area (Å²) in [6, 6.07) is -1.59. The zero-order valence-corrected chi connectivity index (χ0v) is 11.7. The van der Waals surface area contributed by atoms with Crippen LogP contribution >= 0.6 is 22.6 Å². The van der Waals surface area contributed by atoms with E-state index in [1.165, 1.54) is 0 Å². The summed E-state index contributed by atoms with van der Waals surface area (Å²) in [6.45, 7) is -0.875. The smallest absolute Gasteiger partial charge is 0.328 e. The number of nitrogens with one attached hydrogen (secondary N) is 1. The molecule has 3 N–H and O–H groups in total. The second-order valence-corrected chi connectivity index (χ2v) is 5.59. The molecule has 1 heterocycles. The number of rotatable bonds is 2. The Balaban J connectivity index is 2.52. The molecule has 106 valence electrons. The van der Waals surface area contributed by atoms with Gasteiger partial charge in [0.05, 0.1) is 22.2 Å². The van der Waals surface area contributed by atoms with Crippen molar-refractivity contribution in [1.29, 1.82) is 0 Å². The van der Waals surface area contributed by atoms with Gasteiger partial charge in [-0.25, -0.2) is 13.6 Å². The zero-order valence-electron chi connectivity index (χ0n) is 9.52. The van der Waals surface area contributed by atoms with Crippen molar-refractivity contribution in [3.63, 3.8) is 0 Å². The van der Waals surface area contributed by atoms with Gasteiger partial charge in [0.1, 0.15) is 6.04 Å². The monoisotopic (exact) mass is 388 g/mol. The van der Waals surface area contributed by atoms with E-state index in [9.17, 15) is 23.5 Å². The van der Waals surface area contributed by atoms with Crippen molar-refractivity contribution in [3.8, 4) is 0 Å². The fourth-order valence-electron chi connectivity index (χ4n) is 2.29. The summed E-state index contributed by atoms with van der Waals surface area (Å²) < 4.78 is 28.9. The van der Waals surface area contributed by atoms with E-state index in [1.54, 1.807) is 22.6 Å². The van der Waals surface area contributed by atoms with Crippen LogP contribution in [-0.4, -0.2) is 38.4 Å². The number of nitrogens with zero attached hydrogens (tertiary/aromatic N) is 1. The maximum absolute atomic E-state index is 14.0. The Morgan fingerprint density at radius 1 is 1.53 bits per heavy atom. The van der Waals surface area contributed by atoms with Crippen molar-refractivity contribution in [2.75, 3.05) is 6.61 Å². The molecule has 1 aromatic rings. The van der Waals surface area contributed by atoms with Gasteiger partial charge in [-0.1, -0.05) is 0 Å². The molecule has 2 rings (SSSR count). The Labute approximate surface area is 119 Å². The third-order valence-electron chi connectivity index (χ3n) is 3.32. The summed E-state index contributed by atoms with van der Waals surface area (Å²) in [6.07, 6.45) is -0.728. The van der Waals surface area contributed by atoms with E-state index in [0.29, 0.717) is 4.57 Å². The summed E-state index contributed by atoms with van der Waals surface area (Å²) in [5.41, 5.74) is -1.61. The maximum Gasteiger partial charge on any atom is 0.328 e. The van der Waals surface area contributed by atoms with E-state index in [2.05, 4.69) is 0 Å². The third-order valence-corrected chi connectivity index (χ3v) is 4.09. The minimum atomic E-state index is -3.43. The standard InChI is InChI=1S/C10H11F2IN2O4/c11-10(12)4(3-16)6(17)1-7(10)15-2-5(13)8(18)14-9(15)19/h2,4,6-7,16-17H,1,3H2,(H,14,18,19)/t4-,6+,7+/m1/s1. The zero-order chi connectivity index (χ0) is 14.4. The third kappa shape index (κ3) is 2.34. The second-order valence-electron chi connectivity index (χ2n) is 4.43. The minimum Gasteiger partial charge on any atom is -0.396 e. The molecular formula is C10H11F2IN2O4. The molecule has 6 nitrogen and oxygen atoms in total. The largest absolute Gasteiger partial charge is 0.396 e. The van der Waals surface area contributed by atoms with Gasteiger partial charge in [-0.15, -0.1) is 0 Å². The summed E-state index contributed by atoms with van der Waals surface area (Å²) in [7, 11) is 0. The summed E-state index contributed by atoms with van der Waals surface area (Å²) >= 11 is 1.62. The molecule has 1 aromatic heterocycles. The molecule has 0 spiro atoms. The van der Waals surface area contributed by atoms with Crippen molar-refractivity contribution in [1.82, 2.24) is 9.55 Å². The molecule has 0 saturated heterocycles. The Kier molecular flexibility index (Phi) is 3.80. The van der Waals surface area contributed by atoms with Crippen LogP contribution in [0.3, 0.4) is 0 Å². The first-order valence-electron chi connectivity index (χ1n) is 5.46. The Morgan fingerprint density at radius 3 is 2.68 bits per heavy atom. The fraction of sp³-hybridized carbons (Fsp3) is 0.600. The van der Waals surface area contributed by atoms with Crippen LogP contribution in [0.4, 0.5) is 8.78 Å². The van der Waals surface area contributed by atoms with Gasteiger partial charge in [-0.3, -0.25) is 14.3 Å². The molecule has 19 heavy (non-hydrogen) atoms. The van der Waals surface area contributed by atoms with Gasteiger partial charge < -0.3 is 10.2 Å². The predicted molar refractivity (Wildman–Crippen MR) is 69.2 cm³/mol. The number of alkyl halides is 2. The maximum atomic E-state index is 14.0. The molecule has 1 aliphatic rings. The van der Waals surface area contributed by atoms with E-state index < -0.39 is 41.8 Å². The van der Waals surface area contributed by atoms with Crippen LogP contribution in [0.2, 0.25) is 0 Å². The topological polar surface area (TPSA) is 95.3 Å². The molecule has 0 aromatic carbocycles. The quantitative estimate of drug-likeness (QED) is 0.606. The Bertz CT molecular complexity index is 600. The van der Waals surface area contributed by atoms with Gasteiger partial charge in [0.15, 0.2) is 0 Å². The van der Waals surface area contributed by atoms with Crippen LogP contribution in [0.1, 0.15) is 12.5 Å². The molecule has 9 heteroatoms. The van der Waals surface area contributed by atoms with E-state index in [1.807, 2.05) is 4.98 Å². The molecule has 1 aliphatic carbocycles. The molecule has 3 atom stereocenters. The van der Waals surface area contributed by atoms with Crippen molar-refractivity contribution < 1.29 is 19.0 Å². The highest BCUT2D eigenvalue weighted by Crippen LogP contribution is 2.47. The molecule has 0 aliphatic heterocycles. The fourth-order valence-corrected chi connectivity index (χ4v) is 2.72. The second kappa shape index (κ2) is 4.94. The summed E-state index contributed by atoms with van der Waals surface area (Å²) in [5.74, 6) is -5.05. The van der Waals surface area contributed by atoms with E-state index in [-0.39, 0.29) is 9.99 Å². The molecule has 1 fully saturated rings. The van der Waals surface area contributed by atoms with Crippen molar-refractivity contribution in [2.24, 2.45) is 5.92 Å². The van der Waals surface area contributed by atoms with Crippen molar-refractivity contribution in [2.45, 2.75) is 24.5 Å². The average Bonchev–Trinajstić information content (AvgIpc) is 2.53. The first-order valence-corrected chi connectivity index (χ1v) is 6.54. The lowest BCUT2D eigenvalue weighted by molar-refractivity contribution is -0.101. The number of hydrogen-bond donors (Lipinski definition) is 3. The highest BCUT2D eigenvalue weighted by atomic mass is 127. The van der Waals surface area contributed by atoms with Crippen LogP contribution in [0.25, 0.3) is 0 Å². The van der Waals surface area contributed by atoms with Crippen LogP contribution in [0, 0.1) is 9.49 Å². The first-order chi connectivity index (χ1) is 8.78. The molecule has 0 radical (unpaired) electrons. The highest BCUT2D eigenvalue weighted by molar-refractivity contribution is 14.1. The normalized spacial score (nSPS) is 29.6. The van der Waals surface area contributed by atoms with E-state index in [4.69, 9.17) is 5.11 Å². The number of aliphatic hydroxyl groups is 2. The van der Waals surface area contributed by atoms with Gasteiger partial charge in [0.25, 0.3) is 11.5 Å². The van der Waals surface area contributed by atoms with Crippen LogP contribution < -0.4 is 11.2 Å². The molecular weight excluding hydrogens is 377 g/mol. The van der Waals surface area contributed by atoms with Crippen LogP contribution in [0.15, 0.2) is 15.8 Å². The first kappa shape index (κ1) is 14.6.